The number of aryl methyl sites for hydroxylation is 1. The third kappa shape index (κ3) is 2.35. The Morgan fingerprint density at radius 3 is 2.80 bits per heavy atom. The molecule has 108 valence electrons. The molecule has 0 bridgehead atoms. The molecule has 2 N–H and O–H groups in total. The van der Waals surface area contributed by atoms with Crippen LogP contribution in [0.4, 0.5) is 5.82 Å². The van der Waals surface area contributed by atoms with E-state index in [4.69, 9.17) is 5.73 Å². The van der Waals surface area contributed by atoms with Gasteiger partial charge < -0.3 is 10.6 Å². The molecule has 0 atom stereocenters. The molecule has 0 aliphatic heterocycles. The van der Waals surface area contributed by atoms with E-state index in [1.165, 1.54) is 0 Å². The molecule has 6 nitrogen and oxygen atoms in total. The number of anilines is 1. The summed E-state index contributed by atoms with van der Waals surface area (Å²) < 4.78 is 1.84. The fraction of sp³-hybridized carbons (Fsp3) is 0.643. The molecule has 3 rings (SSSR count). The van der Waals surface area contributed by atoms with Crippen molar-refractivity contribution in [1.29, 1.82) is 0 Å². The van der Waals surface area contributed by atoms with Gasteiger partial charge in [0.1, 0.15) is 12.1 Å². The zero-order valence-electron chi connectivity index (χ0n) is 12.2. The molecule has 2 heterocycles. The van der Waals surface area contributed by atoms with Crippen LogP contribution in [-0.4, -0.2) is 38.2 Å². The van der Waals surface area contributed by atoms with E-state index in [-0.39, 0.29) is 0 Å². The minimum absolute atomic E-state index is 0.371. The summed E-state index contributed by atoms with van der Waals surface area (Å²) in [6, 6.07) is 3.00. The first kappa shape index (κ1) is 13.3. The Kier molecular flexibility index (Phi) is 3.56. The monoisotopic (exact) mass is 274 g/mol. The van der Waals surface area contributed by atoms with E-state index in [0.29, 0.717) is 17.9 Å². The molecule has 1 saturated carbocycles. The van der Waals surface area contributed by atoms with Gasteiger partial charge in [-0.1, -0.05) is 0 Å². The average Bonchev–Trinajstić information content (AvgIpc) is 2.89. The Balaban J connectivity index is 1.96. The first-order chi connectivity index (χ1) is 9.69. The van der Waals surface area contributed by atoms with Crippen LogP contribution in [0.3, 0.4) is 0 Å². The lowest BCUT2D eigenvalue weighted by atomic mass is 9.90. The minimum Gasteiger partial charge on any atom is -0.354 e. The third-order valence-electron chi connectivity index (χ3n) is 4.18. The summed E-state index contributed by atoms with van der Waals surface area (Å²) in [5.41, 5.74) is 7.00. The van der Waals surface area contributed by atoms with Gasteiger partial charge in [0, 0.05) is 30.4 Å². The van der Waals surface area contributed by atoms with Gasteiger partial charge >= 0.3 is 0 Å². The van der Waals surface area contributed by atoms with Crippen molar-refractivity contribution in [2.75, 3.05) is 11.4 Å². The minimum atomic E-state index is 0.371. The quantitative estimate of drug-likeness (QED) is 0.919. The molecule has 1 aliphatic rings. The Morgan fingerprint density at radius 2 is 2.10 bits per heavy atom. The molecular formula is C14H22N6. The van der Waals surface area contributed by atoms with E-state index in [0.717, 1.165) is 43.7 Å². The maximum Gasteiger partial charge on any atom is 0.254 e. The van der Waals surface area contributed by atoms with Crippen LogP contribution < -0.4 is 10.6 Å². The van der Waals surface area contributed by atoms with E-state index in [1.807, 2.05) is 11.4 Å². The van der Waals surface area contributed by atoms with Gasteiger partial charge in [-0.2, -0.15) is 14.6 Å². The van der Waals surface area contributed by atoms with Gasteiger partial charge in [0.15, 0.2) is 0 Å². The highest BCUT2D eigenvalue weighted by atomic mass is 15.4. The molecule has 0 spiro atoms. The van der Waals surface area contributed by atoms with Gasteiger partial charge in [-0.15, -0.1) is 0 Å². The summed E-state index contributed by atoms with van der Waals surface area (Å²) in [6.45, 7) is 5.15. The van der Waals surface area contributed by atoms with Crippen molar-refractivity contribution >= 4 is 11.6 Å². The van der Waals surface area contributed by atoms with Crippen LogP contribution in [-0.2, 0) is 0 Å². The number of fused-ring (bicyclic) bond motifs is 1. The number of hydrogen-bond donors (Lipinski definition) is 1. The highest BCUT2D eigenvalue weighted by Gasteiger charge is 2.25. The lowest BCUT2D eigenvalue weighted by molar-refractivity contribution is 0.375. The maximum atomic E-state index is 6.02. The summed E-state index contributed by atoms with van der Waals surface area (Å²) >= 11 is 0. The van der Waals surface area contributed by atoms with Crippen LogP contribution in [0.1, 0.15) is 38.3 Å². The fourth-order valence-corrected chi connectivity index (χ4v) is 3.14. The second kappa shape index (κ2) is 5.36. The van der Waals surface area contributed by atoms with E-state index in [9.17, 15) is 0 Å². The zero-order valence-corrected chi connectivity index (χ0v) is 12.2. The maximum absolute atomic E-state index is 6.02. The predicted octanol–water partition coefficient (Wildman–Crippen LogP) is 1.53. The largest absolute Gasteiger partial charge is 0.354 e. The zero-order chi connectivity index (χ0) is 14.1. The summed E-state index contributed by atoms with van der Waals surface area (Å²) in [4.78, 5) is 11.0. The standard InChI is InChI=1S/C14H22N6/c1-3-19(12-6-4-11(15)5-7-12)13-8-10(2)18-14-16-9-17-20(13)14/h8-9,11-12H,3-7,15H2,1-2H3. The molecule has 20 heavy (non-hydrogen) atoms. The van der Waals surface area contributed by atoms with E-state index in [1.54, 1.807) is 6.33 Å². The van der Waals surface area contributed by atoms with Crippen LogP contribution in [0.25, 0.3) is 5.78 Å². The number of hydrogen-bond acceptors (Lipinski definition) is 5. The molecule has 0 unspecified atom stereocenters. The molecule has 0 amide bonds. The van der Waals surface area contributed by atoms with E-state index in [2.05, 4.69) is 33.0 Å². The number of nitrogens with two attached hydrogens (primary N) is 1. The van der Waals surface area contributed by atoms with E-state index >= 15 is 0 Å². The van der Waals surface area contributed by atoms with Crippen molar-refractivity contribution in [3.63, 3.8) is 0 Å². The number of nitrogens with zero attached hydrogens (tertiary/aromatic N) is 5. The molecule has 1 fully saturated rings. The molecule has 1 aliphatic carbocycles. The Hall–Kier alpha value is -1.69. The predicted molar refractivity (Wildman–Crippen MR) is 78.8 cm³/mol. The molecule has 2 aromatic rings. The summed E-state index contributed by atoms with van der Waals surface area (Å²) in [5.74, 6) is 1.76. The highest BCUT2D eigenvalue weighted by Crippen LogP contribution is 2.27. The van der Waals surface area contributed by atoms with Crippen molar-refractivity contribution in [2.24, 2.45) is 5.73 Å². The van der Waals surface area contributed by atoms with Gasteiger partial charge in [-0.3, -0.25) is 0 Å². The second-order valence-corrected chi connectivity index (χ2v) is 5.58. The Bertz CT molecular complexity index is 584. The number of rotatable bonds is 3. The van der Waals surface area contributed by atoms with Crippen molar-refractivity contribution in [1.82, 2.24) is 19.6 Å². The molecule has 0 aromatic carbocycles. The first-order valence-electron chi connectivity index (χ1n) is 7.38. The van der Waals surface area contributed by atoms with Crippen LogP contribution in [0.15, 0.2) is 12.4 Å². The van der Waals surface area contributed by atoms with E-state index < -0.39 is 0 Å². The first-order valence-corrected chi connectivity index (χ1v) is 7.38. The summed E-state index contributed by atoms with van der Waals surface area (Å²) in [6.07, 6.45) is 6.06. The molecule has 2 aromatic heterocycles. The lowest BCUT2D eigenvalue weighted by Crippen LogP contribution is -2.41. The van der Waals surface area contributed by atoms with Crippen LogP contribution >= 0.6 is 0 Å². The Labute approximate surface area is 119 Å². The molecule has 0 saturated heterocycles. The second-order valence-electron chi connectivity index (χ2n) is 5.58. The van der Waals surface area contributed by atoms with Crippen LogP contribution in [0.5, 0.6) is 0 Å². The molecule has 6 heteroatoms. The van der Waals surface area contributed by atoms with Gasteiger partial charge in [-0.05, 0) is 39.5 Å². The number of aromatic nitrogens is 4. The molecule has 0 radical (unpaired) electrons. The van der Waals surface area contributed by atoms with Gasteiger partial charge in [-0.25, -0.2) is 4.98 Å². The average molecular weight is 274 g/mol. The van der Waals surface area contributed by atoms with Crippen molar-refractivity contribution < 1.29 is 0 Å². The smallest absolute Gasteiger partial charge is 0.254 e. The van der Waals surface area contributed by atoms with Crippen molar-refractivity contribution in [3.05, 3.63) is 18.1 Å². The SMILES string of the molecule is CCN(c1cc(C)nc2ncnn12)C1CCC(N)CC1. The highest BCUT2D eigenvalue weighted by molar-refractivity contribution is 5.48. The normalized spacial score (nSPS) is 23.1. The van der Waals surface area contributed by atoms with Crippen molar-refractivity contribution in [2.45, 2.75) is 51.6 Å². The van der Waals surface area contributed by atoms with Gasteiger partial charge in [0.25, 0.3) is 5.78 Å². The lowest BCUT2D eigenvalue weighted by Gasteiger charge is -2.36. The van der Waals surface area contributed by atoms with Crippen molar-refractivity contribution in [3.8, 4) is 0 Å². The van der Waals surface area contributed by atoms with Crippen LogP contribution in [0.2, 0.25) is 0 Å². The molecular weight excluding hydrogens is 252 g/mol. The fourth-order valence-electron chi connectivity index (χ4n) is 3.14. The summed E-state index contributed by atoms with van der Waals surface area (Å²) in [5, 5.41) is 4.32. The third-order valence-corrected chi connectivity index (χ3v) is 4.18. The topological polar surface area (TPSA) is 72.3 Å². The van der Waals surface area contributed by atoms with Gasteiger partial charge in [0.05, 0.1) is 0 Å². The summed E-state index contributed by atoms with van der Waals surface area (Å²) in [7, 11) is 0. The van der Waals surface area contributed by atoms with Crippen LogP contribution in [0, 0.1) is 6.92 Å². The van der Waals surface area contributed by atoms with Gasteiger partial charge in [0.2, 0.25) is 0 Å². The Morgan fingerprint density at radius 1 is 1.35 bits per heavy atom.